The first-order chi connectivity index (χ1) is 12.7. The minimum absolute atomic E-state index is 0.145. The van der Waals surface area contributed by atoms with Crippen LogP contribution in [0.25, 0.3) is 0 Å². The Kier molecular flexibility index (Phi) is 5.80. The summed E-state index contributed by atoms with van der Waals surface area (Å²) in [4.78, 5) is 23.5. The number of nitrogens with one attached hydrogen (secondary N) is 2. The zero-order valence-electron chi connectivity index (χ0n) is 13.9. The molecule has 0 saturated carbocycles. The summed E-state index contributed by atoms with van der Waals surface area (Å²) in [5.41, 5.74) is -1.82. The summed E-state index contributed by atoms with van der Waals surface area (Å²) in [7, 11) is 1.34. The molecule has 0 aromatic heterocycles. The number of hydrogen-bond donors (Lipinski definition) is 2. The maximum absolute atomic E-state index is 13.9. The Morgan fingerprint density at radius 2 is 1.85 bits per heavy atom. The van der Waals surface area contributed by atoms with Crippen LogP contribution >= 0.6 is 0 Å². The van der Waals surface area contributed by atoms with E-state index in [2.05, 4.69) is 10.6 Å². The molecule has 0 unspecified atom stereocenters. The maximum atomic E-state index is 13.9. The van der Waals surface area contributed by atoms with E-state index >= 15 is 0 Å². The summed E-state index contributed by atoms with van der Waals surface area (Å²) in [5, 5.41) is 13.3. The van der Waals surface area contributed by atoms with E-state index in [0.717, 1.165) is 12.1 Å². The van der Waals surface area contributed by atoms with Crippen molar-refractivity contribution in [2.75, 3.05) is 12.4 Å². The number of alkyl halides is 3. The van der Waals surface area contributed by atoms with Crippen LogP contribution in [0.2, 0.25) is 0 Å². The van der Waals surface area contributed by atoms with E-state index in [4.69, 9.17) is 5.26 Å². The third-order valence-corrected chi connectivity index (χ3v) is 3.60. The molecule has 0 aliphatic rings. The fraction of sp³-hybridized carbons (Fsp3) is 0.167. The zero-order chi connectivity index (χ0) is 20.2. The molecule has 0 aliphatic carbocycles. The molecule has 2 N–H and O–H groups in total. The number of carbonyl (C=O) groups is 2. The van der Waals surface area contributed by atoms with Gasteiger partial charge in [0.05, 0.1) is 29.2 Å². The van der Waals surface area contributed by atoms with Gasteiger partial charge in [-0.2, -0.15) is 18.4 Å². The van der Waals surface area contributed by atoms with E-state index in [0.29, 0.717) is 6.07 Å². The van der Waals surface area contributed by atoms with Gasteiger partial charge in [0, 0.05) is 12.7 Å². The van der Waals surface area contributed by atoms with Gasteiger partial charge in [-0.25, -0.2) is 4.39 Å². The van der Waals surface area contributed by atoms with Gasteiger partial charge in [-0.1, -0.05) is 6.07 Å². The number of hydrogen-bond acceptors (Lipinski definition) is 3. The summed E-state index contributed by atoms with van der Waals surface area (Å²) in [6.45, 7) is 0. The molecule has 0 bridgehead atoms. The normalized spacial score (nSPS) is 10.8. The van der Waals surface area contributed by atoms with Crippen molar-refractivity contribution >= 4 is 17.5 Å². The number of benzene rings is 2. The Morgan fingerprint density at radius 1 is 1.15 bits per heavy atom. The number of nitrogens with zero attached hydrogens (tertiary/aromatic N) is 1. The minimum atomic E-state index is -4.75. The highest BCUT2D eigenvalue weighted by Gasteiger charge is 2.34. The first-order valence-electron chi connectivity index (χ1n) is 7.57. The van der Waals surface area contributed by atoms with Crippen LogP contribution in [0.4, 0.5) is 23.2 Å². The van der Waals surface area contributed by atoms with Gasteiger partial charge in [-0.3, -0.25) is 9.59 Å². The lowest BCUT2D eigenvalue weighted by Gasteiger charge is -2.12. The summed E-state index contributed by atoms with van der Waals surface area (Å²) < 4.78 is 52.7. The summed E-state index contributed by atoms with van der Waals surface area (Å²) in [6.07, 6.45) is -5.06. The first-order valence-corrected chi connectivity index (χ1v) is 7.57. The van der Waals surface area contributed by atoms with Gasteiger partial charge in [0.25, 0.3) is 5.91 Å². The molecule has 2 aromatic carbocycles. The highest BCUT2D eigenvalue weighted by atomic mass is 19.4. The van der Waals surface area contributed by atoms with Crippen LogP contribution in [0.1, 0.15) is 27.0 Å². The van der Waals surface area contributed by atoms with Crippen molar-refractivity contribution in [2.24, 2.45) is 0 Å². The largest absolute Gasteiger partial charge is 0.417 e. The van der Waals surface area contributed by atoms with Crippen molar-refractivity contribution in [3.05, 3.63) is 64.5 Å². The average Bonchev–Trinajstić information content (AvgIpc) is 2.60. The quantitative estimate of drug-likeness (QED) is 0.800. The number of amides is 2. The molecule has 5 nitrogen and oxygen atoms in total. The molecule has 0 aliphatic heterocycles. The standard InChI is InChI=1S/C18H13F4N3O2/c1-24-17(27)13-5-2-10(6-15(13)19)7-16(26)25-12-4-3-11(9-23)14(8-12)18(20,21)22/h2-6,8H,7H2,1H3,(H,24,27)(H,25,26). The zero-order valence-corrected chi connectivity index (χ0v) is 13.9. The molecule has 0 radical (unpaired) electrons. The van der Waals surface area contributed by atoms with E-state index in [1.807, 2.05) is 0 Å². The van der Waals surface area contributed by atoms with E-state index in [1.54, 1.807) is 0 Å². The third kappa shape index (κ3) is 4.82. The van der Waals surface area contributed by atoms with E-state index in [9.17, 15) is 27.2 Å². The molecular weight excluding hydrogens is 366 g/mol. The summed E-state index contributed by atoms with van der Waals surface area (Å²) >= 11 is 0. The van der Waals surface area contributed by atoms with E-state index in [1.165, 1.54) is 31.3 Å². The van der Waals surface area contributed by atoms with Crippen molar-refractivity contribution in [1.29, 1.82) is 5.26 Å². The number of rotatable bonds is 4. The Balaban J connectivity index is 2.16. The Labute approximate surface area is 151 Å². The summed E-state index contributed by atoms with van der Waals surface area (Å²) in [6, 6.07) is 7.80. The molecule has 140 valence electrons. The molecule has 2 rings (SSSR count). The van der Waals surface area contributed by atoms with Crippen LogP contribution in [0.5, 0.6) is 0 Å². The second-order valence-corrected chi connectivity index (χ2v) is 5.49. The number of anilines is 1. The monoisotopic (exact) mass is 379 g/mol. The molecule has 2 amide bonds. The van der Waals surface area contributed by atoms with Crippen LogP contribution in [0.15, 0.2) is 36.4 Å². The molecule has 0 spiro atoms. The average molecular weight is 379 g/mol. The lowest BCUT2D eigenvalue weighted by Crippen LogP contribution is -2.20. The Morgan fingerprint density at radius 3 is 2.41 bits per heavy atom. The molecule has 0 saturated heterocycles. The van der Waals surface area contributed by atoms with Gasteiger partial charge in [-0.05, 0) is 35.9 Å². The lowest BCUT2D eigenvalue weighted by atomic mass is 10.1. The molecule has 0 heterocycles. The van der Waals surface area contributed by atoms with Crippen LogP contribution in [-0.4, -0.2) is 18.9 Å². The minimum Gasteiger partial charge on any atom is -0.355 e. The van der Waals surface area contributed by atoms with Crippen molar-refractivity contribution in [2.45, 2.75) is 12.6 Å². The van der Waals surface area contributed by atoms with Crippen molar-refractivity contribution in [3.63, 3.8) is 0 Å². The number of nitriles is 1. The fourth-order valence-corrected chi connectivity index (χ4v) is 2.33. The molecule has 9 heteroatoms. The van der Waals surface area contributed by atoms with Gasteiger partial charge in [-0.15, -0.1) is 0 Å². The van der Waals surface area contributed by atoms with Crippen molar-refractivity contribution < 1.29 is 27.2 Å². The van der Waals surface area contributed by atoms with Crippen LogP contribution in [0.3, 0.4) is 0 Å². The smallest absolute Gasteiger partial charge is 0.355 e. The predicted molar refractivity (Wildman–Crippen MR) is 88.3 cm³/mol. The first kappa shape index (κ1) is 19.9. The van der Waals surface area contributed by atoms with Gasteiger partial charge < -0.3 is 10.6 Å². The Bertz CT molecular complexity index is 933. The van der Waals surface area contributed by atoms with Gasteiger partial charge >= 0.3 is 6.18 Å². The second kappa shape index (κ2) is 7.86. The van der Waals surface area contributed by atoms with Crippen molar-refractivity contribution in [3.8, 4) is 6.07 Å². The number of carbonyl (C=O) groups excluding carboxylic acids is 2. The molecular formula is C18H13F4N3O2. The van der Waals surface area contributed by atoms with E-state index < -0.39 is 34.9 Å². The molecule has 0 fully saturated rings. The third-order valence-electron chi connectivity index (χ3n) is 3.60. The van der Waals surface area contributed by atoms with Crippen LogP contribution in [0, 0.1) is 17.1 Å². The topological polar surface area (TPSA) is 82.0 Å². The lowest BCUT2D eigenvalue weighted by molar-refractivity contribution is -0.137. The molecule has 0 atom stereocenters. The maximum Gasteiger partial charge on any atom is 0.417 e. The van der Waals surface area contributed by atoms with Crippen LogP contribution in [-0.2, 0) is 17.4 Å². The Hall–Kier alpha value is -3.41. The van der Waals surface area contributed by atoms with Gasteiger partial charge in [0.2, 0.25) is 5.91 Å². The SMILES string of the molecule is CNC(=O)c1ccc(CC(=O)Nc2ccc(C#N)c(C(F)(F)F)c2)cc1F. The molecule has 2 aromatic rings. The fourth-order valence-electron chi connectivity index (χ4n) is 2.33. The van der Waals surface area contributed by atoms with E-state index in [-0.39, 0.29) is 23.2 Å². The highest BCUT2D eigenvalue weighted by molar-refractivity contribution is 5.95. The van der Waals surface area contributed by atoms with Gasteiger partial charge in [0.1, 0.15) is 5.82 Å². The number of halogens is 4. The van der Waals surface area contributed by atoms with Crippen molar-refractivity contribution in [1.82, 2.24) is 5.32 Å². The van der Waals surface area contributed by atoms with Gasteiger partial charge in [0.15, 0.2) is 0 Å². The second-order valence-electron chi connectivity index (χ2n) is 5.49. The summed E-state index contributed by atoms with van der Waals surface area (Å²) in [5.74, 6) is -2.13. The highest BCUT2D eigenvalue weighted by Crippen LogP contribution is 2.33. The van der Waals surface area contributed by atoms with Crippen LogP contribution < -0.4 is 10.6 Å². The molecule has 27 heavy (non-hydrogen) atoms. The predicted octanol–water partition coefficient (Wildman–Crippen LogP) is 3.26.